The number of nitrogens with zero attached hydrogens (tertiary/aromatic N) is 2. The van der Waals surface area contributed by atoms with Gasteiger partial charge in [0.1, 0.15) is 6.07 Å². The number of pyridine rings is 1. The summed E-state index contributed by atoms with van der Waals surface area (Å²) < 4.78 is 39.4. The van der Waals surface area contributed by atoms with Gasteiger partial charge >= 0.3 is 6.18 Å². The first-order valence-electron chi connectivity index (χ1n) is 8.36. The molecule has 2 N–H and O–H groups in total. The third-order valence-electron chi connectivity index (χ3n) is 4.42. The van der Waals surface area contributed by atoms with E-state index in [0.29, 0.717) is 16.8 Å². The first-order chi connectivity index (χ1) is 13.5. The minimum absolute atomic E-state index is 0.238. The number of rotatable bonds is 3. The molecule has 4 aromatic rings. The van der Waals surface area contributed by atoms with Gasteiger partial charge in [-0.05, 0) is 35.9 Å². The highest BCUT2D eigenvalue weighted by Crippen LogP contribution is 2.37. The lowest BCUT2D eigenvalue weighted by molar-refractivity contribution is -0.137. The molecule has 138 valence electrons. The number of H-pyrrole nitrogens is 1. The highest BCUT2D eigenvalue weighted by molar-refractivity contribution is 5.96. The summed E-state index contributed by atoms with van der Waals surface area (Å²) in [5.41, 5.74) is 2.26. The monoisotopic (exact) mass is 378 g/mol. The number of hydrogen-bond acceptors (Lipinski definition) is 3. The first kappa shape index (κ1) is 17.6. The third kappa shape index (κ3) is 3.16. The summed E-state index contributed by atoms with van der Waals surface area (Å²) in [5.74, 6) is 0. The molecule has 28 heavy (non-hydrogen) atoms. The lowest BCUT2D eigenvalue weighted by Crippen LogP contribution is -2.05. The van der Waals surface area contributed by atoms with E-state index >= 15 is 0 Å². The van der Waals surface area contributed by atoms with Crippen LogP contribution in [-0.2, 0) is 6.18 Å². The van der Waals surface area contributed by atoms with Gasteiger partial charge in [0.2, 0.25) is 0 Å². The molecule has 0 aliphatic carbocycles. The van der Waals surface area contributed by atoms with Gasteiger partial charge in [-0.15, -0.1) is 0 Å². The molecule has 7 heteroatoms. The predicted molar refractivity (Wildman–Crippen MR) is 101 cm³/mol. The molecule has 2 aromatic heterocycles. The Bertz CT molecular complexity index is 1200. The maximum Gasteiger partial charge on any atom is 0.416 e. The molecule has 0 atom stereocenters. The molecule has 0 aliphatic heterocycles. The van der Waals surface area contributed by atoms with Crippen molar-refractivity contribution in [2.75, 3.05) is 5.32 Å². The molecule has 0 spiro atoms. The molecule has 0 radical (unpaired) electrons. The van der Waals surface area contributed by atoms with Crippen molar-refractivity contribution in [2.45, 2.75) is 6.18 Å². The molecule has 4 nitrogen and oxygen atoms in total. The smallest absolute Gasteiger partial charge is 0.361 e. The molecule has 0 aliphatic rings. The van der Waals surface area contributed by atoms with Crippen molar-refractivity contribution in [2.24, 2.45) is 0 Å². The number of anilines is 2. The number of aromatic amines is 1. The minimum Gasteiger partial charge on any atom is -0.361 e. The van der Waals surface area contributed by atoms with E-state index in [4.69, 9.17) is 0 Å². The van der Waals surface area contributed by atoms with Crippen LogP contribution in [0.5, 0.6) is 0 Å². The Morgan fingerprint density at radius 2 is 1.86 bits per heavy atom. The van der Waals surface area contributed by atoms with Crippen molar-refractivity contribution in [3.05, 3.63) is 78.2 Å². The van der Waals surface area contributed by atoms with Gasteiger partial charge < -0.3 is 10.3 Å². The zero-order valence-corrected chi connectivity index (χ0v) is 14.4. The maximum atomic E-state index is 13.1. The average molecular weight is 378 g/mol. The molecule has 0 saturated heterocycles. The lowest BCUT2D eigenvalue weighted by atomic mass is 10.0. The van der Waals surface area contributed by atoms with E-state index in [1.165, 1.54) is 18.5 Å². The Balaban J connectivity index is 1.87. The summed E-state index contributed by atoms with van der Waals surface area (Å²) in [6.45, 7) is 0. The highest BCUT2D eigenvalue weighted by Gasteiger charge is 2.30. The molecule has 2 aromatic carbocycles. The van der Waals surface area contributed by atoms with E-state index in [2.05, 4.69) is 21.4 Å². The number of aromatic nitrogens is 2. The zero-order chi connectivity index (χ0) is 19.7. The van der Waals surface area contributed by atoms with Gasteiger partial charge in [0.05, 0.1) is 16.8 Å². The second-order valence-electron chi connectivity index (χ2n) is 6.17. The van der Waals surface area contributed by atoms with Gasteiger partial charge in [0.15, 0.2) is 0 Å². The Labute approximate surface area is 158 Å². The molecular formula is C21H13F3N4. The van der Waals surface area contributed by atoms with Gasteiger partial charge in [-0.25, -0.2) is 0 Å². The largest absolute Gasteiger partial charge is 0.416 e. The number of fused-ring (bicyclic) bond motifs is 1. The second-order valence-corrected chi connectivity index (χ2v) is 6.17. The molecule has 0 bridgehead atoms. The lowest BCUT2D eigenvalue weighted by Gasteiger charge is -2.15. The Hall–Kier alpha value is -3.79. The number of nitriles is 1. The van der Waals surface area contributed by atoms with Crippen LogP contribution in [-0.4, -0.2) is 9.97 Å². The van der Waals surface area contributed by atoms with E-state index in [1.54, 1.807) is 12.3 Å². The van der Waals surface area contributed by atoms with Crippen LogP contribution in [0.1, 0.15) is 11.1 Å². The van der Waals surface area contributed by atoms with Crippen molar-refractivity contribution in [3.63, 3.8) is 0 Å². The summed E-state index contributed by atoms with van der Waals surface area (Å²) in [4.78, 5) is 7.13. The molecule has 0 saturated carbocycles. The highest BCUT2D eigenvalue weighted by atomic mass is 19.4. The second kappa shape index (κ2) is 6.74. The molecule has 2 heterocycles. The molecule has 0 unspecified atom stereocenters. The summed E-state index contributed by atoms with van der Waals surface area (Å²) in [5, 5.41) is 13.6. The van der Waals surface area contributed by atoms with Gasteiger partial charge in [-0.3, -0.25) is 4.98 Å². The standard InChI is InChI=1S/C21H13F3N4/c22-21(23,24)15-4-1-3-13(9-15)17-12-26-11-14(10-25)20(17)28-19-6-2-5-18-16(19)7-8-27-18/h1-9,11-12,27H,(H,26,28). The quantitative estimate of drug-likeness (QED) is 0.469. The van der Waals surface area contributed by atoms with Crippen molar-refractivity contribution in [1.82, 2.24) is 9.97 Å². The van der Waals surface area contributed by atoms with E-state index in [0.717, 1.165) is 28.7 Å². The number of benzene rings is 2. The van der Waals surface area contributed by atoms with E-state index in [-0.39, 0.29) is 5.56 Å². The summed E-state index contributed by atoms with van der Waals surface area (Å²) in [6, 6.07) is 14.5. The fourth-order valence-electron chi connectivity index (χ4n) is 3.09. The zero-order valence-electron chi connectivity index (χ0n) is 14.4. The number of halogens is 3. The third-order valence-corrected chi connectivity index (χ3v) is 4.42. The van der Waals surface area contributed by atoms with Crippen molar-refractivity contribution in [3.8, 4) is 17.2 Å². The number of alkyl halides is 3. The Morgan fingerprint density at radius 1 is 1.04 bits per heavy atom. The predicted octanol–water partition coefficient (Wildman–Crippen LogP) is 5.86. The topological polar surface area (TPSA) is 64.5 Å². The Morgan fingerprint density at radius 3 is 2.64 bits per heavy atom. The molecule has 0 fully saturated rings. The van der Waals surface area contributed by atoms with Gasteiger partial charge in [0.25, 0.3) is 0 Å². The maximum absolute atomic E-state index is 13.1. The van der Waals surface area contributed by atoms with Crippen LogP contribution in [0.4, 0.5) is 24.5 Å². The van der Waals surface area contributed by atoms with E-state index in [9.17, 15) is 18.4 Å². The van der Waals surface area contributed by atoms with Gasteiger partial charge in [-0.2, -0.15) is 18.4 Å². The van der Waals surface area contributed by atoms with Crippen molar-refractivity contribution >= 4 is 22.3 Å². The van der Waals surface area contributed by atoms with E-state index < -0.39 is 11.7 Å². The summed E-state index contributed by atoms with van der Waals surface area (Å²) >= 11 is 0. The summed E-state index contributed by atoms with van der Waals surface area (Å²) in [7, 11) is 0. The van der Waals surface area contributed by atoms with Crippen molar-refractivity contribution in [1.29, 1.82) is 5.26 Å². The van der Waals surface area contributed by atoms with Crippen LogP contribution in [0, 0.1) is 11.3 Å². The molecular weight excluding hydrogens is 365 g/mol. The molecule has 4 rings (SSSR count). The number of hydrogen-bond donors (Lipinski definition) is 2. The van der Waals surface area contributed by atoms with Gasteiger partial charge in [-0.1, -0.05) is 18.2 Å². The van der Waals surface area contributed by atoms with Crippen LogP contribution in [0.2, 0.25) is 0 Å². The fraction of sp³-hybridized carbons (Fsp3) is 0.0476. The average Bonchev–Trinajstić information content (AvgIpc) is 3.17. The van der Waals surface area contributed by atoms with Crippen LogP contribution in [0.3, 0.4) is 0 Å². The fourth-order valence-corrected chi connectivity index (χ4v) is 3.09. The minimum atomic E-state index is -4.46. The van der Waals surface area contributed by atoms with Crippen molar-refractivity contribution < 1.29 is 13.2 Å². The van der Waals surface area contributed by atoms with Gasteiger partial charge in [0, 0.05) is 40.7 Å². The van der Waals surface area contributed by atoms with E-state index in [1.807, 2.05) is 24.3 Å². The van der Waals surface area contributed by atoms with Crippen LogP contribution in [0.25, 0.3) is 22.0 Å². The van der Waals surface area contributed by atoms with Crippen LogP contribution < -0.4 is 5.32 Å². The first-order valence-corrected chi connectivity index (χ1v) is 8.36. The van der Waals surface area contributed by atoms with Crippen LogP contribution >= 0.6 is 0 Å². The Kier molecular flexibility index (Phi) is 4.24. The molecule has 0 amide bonds. The summed E-state index contributed by atoms with van der Waals surface area (Å²) in [6.07, 6.45) is 0.175. The normalized spacial score (nSPS) is 11.4. The van der Waals surface area contributed by atoms with Crippen LogP contribution in [0.15, 0.2) is 67.1 Å². The number of nitrogens with one attached hydrogen (secondary N) is 2. The SMILES string of the molecule is N#Cc1cncc(-c2cccc(C(F)(F)F)c2)c1Nc1cccc2[nH]ccc12.